The number of hydrogen-bond acceptors (Lipinski definition) is 5. The van der Waals surface area contributed by atoms with E-state index in [1.54, 1.807) is 21.9 Å². The average Bonchev–Trinajstić information content (AvgIpc) is 3.58. The zero-order valence-corrected chi connectivity index (χ0v) is 26.2. The molecule has 238 valence electrons. The summed E-state index contributed by atoms with van der Waals surface area (Å²) in [7, 11) is 0. The smallest absolute Gasteiger partial charge is 0.261 e. The van der Waals surface area contributed by atoms with Crippen LogP contribution in [0.5, 0.6) is 0 Å². The van der Waals surface area contributed by atoms with E-state index in [0.717, 1.165) is 22.0 Å². The highest BCUT2D eigenvalue weighted by Crippen LogP contribution is 2.42. The zero-order chi connectivity index (χ0) is 32.3. The fraction of sp³-hybridized carbons (Fsp3) is 0.314. The molecule has 4 aromatic rings. The molecule has 0 saturated carbocycles. The summed E-state index contributed by atoms with van der Waals surface area (Å²) in [5.41, 5.74) is 8.61. The number of aromatic nitrogens is 1. The van der Waals surface area contributed by atoms with Crippen LogP contribution in [-0.4, -0.2) is 76.3 Å². The number of para-hydroxylation sites is 2. The number of primary amides is 1. The Kier molecular flexibility index (Phi) is 8.99. The largest absolute Gasteiger partial charge is 0.366 e. The quantitative estimate of drug-likeness (QED) is 0.244. The van der Waals surface area contributed by atoms with Gasteiger partial charge in [-0.15, -0.1) is 0 Å². The van der Waals surface area contributed by atoms with Crippen LogP contribution in [-0.2, 0) is 32.0 Å². The molecule has 11 heteroatoms. The predicted molar refractivity (Wildman–Crippen MR) is 177 cm³/mol. The van der Waals surface area contributed by atoms with Gasteiger partial charge in [-0.3, -0.25) is 19.2 Å². The molecule has 0 radical (unpaired) electrons. The fourth-order valence-corrected chi connectivity index (χ4v) is 6.92. The first-order valence-electron chi connectivity index (χ1n) is 15.6. The van der Waals surface area contributed by atoms with Gasteiger partial charge in [-0.05, 0) is 67.1 Å². The summed E-state index contributed by atoms with van der Waals surface area (Å²) in [5.74, 6) is -1.43. The Balaban J connectivity index is 1.16. The number of benzene rings is 3. The Morgan fingerprint density at radius 3 is 2.35 bits per heavy atom. The minimum absolute atomic E-state index is 0.000562. The minimum atomic E-state index is -1.15. The van der Waals surface area contributed by atoms with Crippen LogP contribution in [0.2, 0.25) is 5.02 Å². The van der Waals surface area contributed by atoms with Gasteiger partial charge in [0.05, 0.1) is 0 Å². The molecule has 2 saturated heterocycles. The van der Waals surface area contributed by atoms with Crippen LogP contribution in [0.1, 0.15) is 30.4 Å². The Hall–Kier alpha value is -4.83. The molecule has 1 atom stereocenters. The number of rotatable bonds is 10. The number of H-pyrrole nitrogens is 1. The molecule has 3 heterocycles. The molecule has 0 aliphatic carbocycles. The van der Waals surface area contributed by atoms with Crippen LogP contribution in [0, 0.1) is 0 Å². The maximum absolute atomic E-state index is 14.3. The summed E-state index contributed by atoms with van der Waals surface area (Å²) in [6, 6.07) is 24.6. The van der Waals surface area contributed by atoms with Gasteiger partial charge in [-0.25, -0.2) is 0 Å². The van der Waals surface area contributed by atoms with E-state index < -0.39 is 17.6 Å². The number of carbonyl (C=O) groups is 4. The lowest BCUT2D eigenvalue weighted by Crippen LogP contribution is -2.59. The second-order valence-corrected chi connectivity index (χ2v) is 12.3. The first-order valence-corrected chi connectivity index (χ1v) is 15.9. The fourth-order valence-electron chi connectivity index (χ4n) is 6.80. The van der Waals surface area contributed by atoms with E-state index in [2.05, 4.69) is 10.3 Å². The lowest BCUT2D eigenvalue weighted by molar-refractivity contribution is -0.142. The molecule has 0 bridgehead atoms. The lowest BCUT2D eigenvalue weighted by atomic mass is 9.85. The summed E-state index contributed by atoms with van der Waals surface area (Å²) in [5, 5.41) is 4.65. The standard InChI is InChI=1S/C35H37ClN6O4/c36-26-13-10-24(11-14-26)12-15-31(44)40-20-17-35(18-21-40)34(46)41(33(32(37)45)42(35)27-6-2-1-3-7-27)23-30(43)38-19-16-25-22-39-29-9-5-4-8-28(25)29/h1-11,13-14,22,33,39H,12,15-21,23H2,(H2,37,45)(H,38,43)/t33-/m0/s1. The van der Waals surface area contributed by atoms with Crippen molar-refractivity contribution in [1.29, 1.82) is 0 Å². The van der Waals surface area contributed by atoms with Crippen LogP contribution in [0.3, 0.4) is 0 Å². The van der Waals surface area contributed by atoms with Gasteiger partial charge >= 0.3 is 0 Å². The van der Waals surface area contributed by atoms with E-state index >= 15 is 0 Å². The number of halogens is 1. The minimum Gasteiger partial charge on any atom is -0.366 e. The molecule has 4 N–H and O–H groups in total. The molecule has 2 fully saturated rings. The van der Waals surface area contributed by atoms with E-state index in [-0.39, 0.29) is 24.3 Å². The number of likely N-dealkylation sites (tertiary alicyclic amines) is 1. The topological polar surface area (TPSA) is 132 Å². The second kappa shape index (κ2) is 13.3. The van der Waals surface area contributed by atoms with Gasteiger partial charge in [0.15, 0.2) is 6.17 Å². The summed E-state index contributed by atoms with van der Waals surface area (Å²) in [6.45, 7) is 0.731. The molecule has 1 aromatic heterocycles. The Morgan fingerprint density at radius 1 is 0.935 bits per heavy atom. The Morgan fingerprint density at radius 2 is 1.63 bits per heavy atom. The molecule has 10 nitrogen and oxygen atoms in total. The number of aromatic amines is 1. The molecule has 6 rings (SSSR count). The van der Waals surface area contributed by atoms with Crippen molar-refractivity contribution < 1.29 is 19.2 Å². The summed E-state index contributed by atoms with van der Waals surface area (Å²) >= 11 is 5.99. The molecule has 2 aliphatic heterocycles. The number of carbonyl (C=O) groups excluding carboxylic acids is 4. The van der Waals surface area contributed by atoms with Crippen LogP contribution in [0.15, 0.2) is 85.1 Å². The number of fused-ring (bicyclic) bond motifs is 1. The molecular formula is C35H37ClN6O4. The molecule has 46 heavy (non-hydrogen) atoms. The molecule has 4 amide bonds. The molecule has 1 spiro atoms. The number of amides is 4. The lowest BCUT2D eigenvalue weighted by Gasteiger charge is -2.44. The van der Waals surface area contributed by atoms with E-state index in [9.17, 15) is 19.2 Å². The van der Waals surface area contributed by atoms with Crippen molar-refractivity contribution in [1.82, 2.24) is 20.1 Å². The van der Waals surface area contributed by atoms with Crippen LogP contribution in [0.4, 0.5) is 5.69 Å². The summed E-state index contributed by atoms with van der Waals surface area (Å²) in [4.78, 5) is 61.8. The normalized spacial score (nSPS) is 17.5. The first-order chi connectivity index (χ1) is 22.3. The van der Waals surface area contributed by atoms with Crippen molar-refractivity contribution in [3.63, 3.8) is 0 Å². The number of hydrogen-bond donors (Lipinski definition) is 3. The number of aryl methyl sites for hydroxylation is 1. The van der Waals surface area contributed by atoms with Crippen molar-refractivity contribution in [2.24, 2.45) is 5.73 Å². The Labute approximate surface area is 272 Å². The van der Waals surface area contributed by atoms with Crippen LogP contribution in [0.25, 0.3) is 10.9 Å². The van der Waals surface area contributed by atoms with E-state index in [0.29, 0.717) is 62.4 Å². The monoisotopic (exact) mass is 640 g/mol. The maximum Gasteiger partial charge on any atom is 0.261 e. The van der Waals surface area contributed by atoms with Crippen LogP contribution < -0.4 is 16.0 Å². The molecule has 0 unspecified atom stereocenters. The van der Waals surface area contributed by atoms with Gasteiger partial charge in [-0.1, -0.05) is 60.1 Å². The highest BCUT2D eigenvalue weighted by Gasteiger charge is 2.60. The highest BCUT2D eigenvalue weighted by molar-refractivity contribution is 6.30. The van der Waals surface area contributed by atoms with Crippen molar-refractivity contribution in [2.75, 3.05) is 31.1 Å². The van der Waals surface area contributed by atoms with Gasteiger partial charge in [0, 0.05) is 53.9 Å². The third-order valence-corrected chi connectivity index (χ3v) is 9.39. The number of nitrogens with two attached hydrogens (primary N) is 1. The van der Waals surface area contributed by atoms with Gasteiger partial charge in [0.2, 0.25) is 11.8 Å². The van der Waals surface area contributed by atoms with E-state index in [4.69, 9.17) is 17.3 Å². The van der Waals surface area contributed by atoms with Crippen molar-refractivity contribution in [3.8, 4) is 0 Å². The van der Waals surface area contributed by atoms with Gasteiger partial charge in [0.25, 0.3) is 11.8 Å². The number of nitrogens with zero attached hydrogens (tertiary/aromatic N) is 3. The van der Waals surface area contributed by atoms with Crippen molar-refractivity contribution in [3.05, 3.63) is 101 Å². The van der Waals surface area contributed by atoms with Gasteiger partial charge < -0.3 is 30.7 Å². The third-order valence-electron chi connectivity index (χ3n) is 9.14. The molecular weight excluding hydrogens is 604 g/mol. The number of nitrogens with one attached hydrogen (secondary N) is 2. The number of piperidine rings is 1. The van der Waals surface area contributed by atoms with Crippen LogP contribution >= 0.6 is 11.6 Å². The third kappa shape index (κ3) is 6.17. The van der Waals surface area contributed by atoms with Gasteiger partial charge in [0.1, 0.15) is 12.1 Å². The number of anilines is 1. The average molecular weight is 641 g/mol. The first kappa shape index (κ1) is 31.2. The van der Waals surface area contributed by atoms with Gasteiger partial charge in [-0.2, -0.15) is 0 Å². The van der Waals surface area contributed by atoms with Crippen molar-refractivity contribution >= 4 is 51.8 Å². The molecule has 2 aliphatic rings. The highest BCUT2D eigenvalue weighted by atomic mass is 35.5. The van der Waals surface area contributed by atoms with E-state index in [1.165, 1.54) is 4.90 Å². The van der Waals surface area contributed by atoms with E-state index in [1.807, 2.05) is 72.9 Å². The summed E-state index contributed by atoms with van der Waals surface area (Å²) in [6.07, 6.45) is 2.90. The molecule has 3 aromatic carbocycles. The maximum atomic E-state index is 14.3. The Bertz CT molecular complexity index is 1730. The predicted octanol–water partition coefficient (Wildman–Crippen LogP) is 3.63. The SMILES string of the molecule is NC(=O)[C@H]1N(CC(=O)NCCc2c[nH]c3ccccc23)C(=O)C2(CCN(C(=O)CCc3ccc(Cl)cc3)CC2)N1c1ccccc1. The summed E-state index contributed by atoms with van der Waals surface area (Å²) < 4.78 is 0. The van der Waals surface area contributed by atoms with Crippen molar-refractivity contribution in [2.45, 2.75) is 43.8 Å². The second-order valence-electron chi connectivity index (χ2n) is 11.9. The zero-order valence-electron chi connectivity index (χ0n) is 25.5.